The highest BCUT2D eigenvalue weighted by molar-refractivity contribution is 5.72. The summed E-state index contributed by atoms with van der Waals surface area (Å²) < 4.78 is 19.6. The first-order valence-corrected chi connectivity index (χ1v) is 7.22. The standard InChI is InChI=1S/C20H16FNO/c1-22-17-8-3-14(4-9-17)16-7-12-19(20(21)13-16)15-5-10-18(23-2)11-6-15/h3-13H,1H2,2H3. The van der Waals surface area contributed by atoms with Crippen LogP contribution in [-0.2, 0) is 0 Å². The number of halogens is 1. The van der Waals surface area contributed by atoms with Crippen molar-refractivity contribution in [3.63, 3.8) is 0 Å². The zero-order chi connectivity index (χ0) is 16.2. The van der Waals surface area contributed by atoms with Gasteiger partial charge in [-0.15, -0.1) is 0 Å². The second kappa shape index (κ2) is 6.44. The SMILES string of the molecule is C=Nc1ccc(-c2ccc(-c3ccc(OC)cc3)c(F)c2)cc1. The maximum Gasteiger partial charge on any atom is 0.131 e. The summed E-state index contributed by atoms with van der Waals surface area (Å²) >= 11 is 0. The number of hydrogen-bond donors (Lipinski definition) is 0. The summed E-state index contributed by atoms with van der Waals surface area (Å²) in [6.07, 6.45) is 0. The summed E-state index contributed by atoms with van der Waals surface area (Å²) in [7, 11) is 1.61. The molecule has 3 heteroatoms. The maximum absolute atomic E-state index is 14.5. The molecule has 0 atom stereocenters. The van der Waals surface area contributed by atoms with E-state index < -0.39 is 0 Å². The van der Waals surface area contributed by atoms with Gasteiger partial charge in [-0.2, -0.15) is 0 Å². The van der Waals surface area contributed by atoms with E-state index in [9.17, 15) is 4.39 Å². The minimum absolute atomic E-state index is 0.251. The minimum Gasteiger partial charge on any atom is -0.497 e. The Balaban J connectivity index is 1.94. The van der Waals surface area contributed by atoms with Crippen LogP contribution in [0.2, 0.25) is 0 Å². The lowest BCUT2D eigenvalue weighted by Crippen LogP contribution is -1.87. The molecular formula is C20H16FNO. The Morgan fingerprint density at radius 3 is 2.00 bits per heavy atom. The lowest BCUT2D eigenvalue weighted by Gasteiger charge is -2.08. The van der Waals surface area contributed by atoms with E-state index in [-0.39, 0.29) is 5.82 Å². The summed E-state index contributed by atoms with van der Waals surface area (Å²) in [5.74, 6) is 0.500. The quantitative estimate of drug-likeness (QED) is 0.583. The van der Waals surface area contributed by atoms with Crippen molar-refractivity contribution in [2.75, 3.05) is 7.11 Å². The highest BCUT2D eigenvalue weighted by Gasteiger charge is 2.08. The fourth-order valence-electron chi connectivity index (χ4n) is 2.46. The molecule has 0 bridgehead atoms. The molecule has 114 valence electrons. The van der Waals surface area contributed by atoms with Gasteiger partial charge in [0.1, 0.15) is 11.6 Å². The van der Waals surface area contributed by atoms with Gasteiger partial charge in [0, 0.05) is 5.56 Å². The van der Waals surface area contributed by atoms with Crippen LogP contribution in [0.1, 0.15) is 0 Å². The van der Waals surface area contributed by atoms with Crippen LogP contribution in [0.4, 0.5) is 10.1 Å². The molecule has 3 aromatic carbocycles. The Hall–Kier alpha value is -2.94. The van der Waals surface area contributed by atoms with Crippen LogP contribution < -0.4 is 4.74 Å². The summed E-state index contributed by atoms with van der Waals surface area (Å²) in [6, 6.07) is 20.1. The van der Waals surface area contributed by atoms with Crippen molar-refractivity contribution in [1.82, 2.24) is 0 Å². The third-order valence-corrected chi connectivity index (χ3v) is 3.75. The van der Waals surface area contributed by atoms with E-state index in [1.54, 1.807) is 19.2 Å². The van der Waals surface area contributed by atoms with Crippen molar-refractivity contribution in [1.29, 1.82) is 0 Å². The van der Waals surface area contributed by atoms with Gasteiger partial charge in [0.05, 0.1) is 12.8 Å². The van der Waals surface area contributed by atoms with E-state index in [1.807, 2.05) is 54.6 Å². The van der Waals surface area contributed by atoms with Crippen molar-refractivity contribution in [2.24, 2.45) is 4.99 Å². The summed E-state index contributed by atoms with van der Waals surface area (Å²) in [4.78, 5) is 3.86. The first kappa shape index (κ1) is 15.0. The molecule has 0 aromatic heterocycles. The highest BCUT2D eigenvalue weighted by atomic mass is 19.1. The van der Waals surface area contributed by atoms with Crippen LogP contribution in [0.15, 0.2) is 71.7 Å². The Labute approximate surface area is 134 Å². The fourth-order valence-corrected chi connectivity index (χ4v) is 2.46. The molecule has 0 radical (unpaired) electrons. The van der Waals surface area contributed by atoms with Gasteiger partial charge in [-0.25, -0.2) is 4.39 Å². The molecule has 0 N–H and O–H groups in total. The molecule has 0 spiro atoms. The number of nitrogens with zero attached hydrogens (tertiary/aromatic N) is 1. The third-order valence-electron chi connectivity index (χ3n) is 3.75. The minimum atomic E-state index is -0.251. The molecule has 0 amide bonds. The van der Waals surface area contributed by atoms with Gasteiger partial charge >= 0.3 is 0 Å². The molecule has 3 rings (SSSR count). The normalized spacial score (nSPS) is 10.3. The van der Waals surface area contributed by atoms with Crippen molar-refractivity contribution in [3.05, 3.63) is 72.5 Å². The molecule has 2 nitrogen and oxygen atoms in total. The topological polar surface area (TPSA) is 21.6 Å². The van der Waals surface area contributed by atoms with E-state index >= 15 is 0 Å². The van der Waals surface area contributed by atoms with Crippen molar-refractivity contribution in [3.8, 4) is 28.0 Å². The molecule has 0 saturated heterocycles. The zero-order valence-corrected chi connectivity index (χ0v) is 12.8. The van der Waals surface area contributed by atoms with Crippen LogP contribution in [-0.4, -0.2) is 13.8 Å². The van der Waals surface area contributed by atoms with Gasteiger partial charge in [-0.1, -0.05) is 36.4 Å². The van der Waals surface area contributed by atoms with Crippen LogP contribution in [0.5, 0.6) is 5.75 Å². The van der Waals surface area contributed by atoms with Gasteiger partial charge in [-0.05, 0) is 53.7 Å². The number of hydrogen-bond acceptors (Lipinski definition) is 2. The van der Waals surface area contributed by atoms with Crippen molar-refractivity contribution >= 4 is 12.4 Å². The highest BCUT2D eigenvalue weighted by Crippen LogP contribution is 2.29. The van der Waals surface area contributed by atoms with Crippen LogP contribution in [0.3, 0.4) is 0 Å². The molecular weight excluding hydrogens is 289 g/mol. The smallest absolute Gasteiger partial charge is 0.131 e. The lowest BCUT2D eigenvalue weighted by atomic mass is 9.99. The summed E-state index contributed by atoms with van der Waals surface area (Å²) in [5.41, 5.74) is 3.96. The van der Waals surface area contributed by atoms with E-state index in [0.717, 1.165) is 28.1 Å². The molecule has 0 aliphatic heterocycles. The number of benzene rings is 3. The lowest BCUT2D eigenvalue weighted by molar-refractivity contribution is 0.415. The largest absolute Gasteiger partial charge is 0.497 e. The van der Waals surface area contributed by atoms with Crippen LogP contribution >= 0.6 is 0 Å². The van der Waals surface area contributed by atoms with Crippen molar-refractivity contribution in [2.45, 2.75) is 0 Å². The second-order valence-corrected chi connectivity index (χ2v) is 5.13. The first-order valence-electron chi connectivity index (χ1n) is 7.22. The van der Waals surface area contributed by atoms with E-state index in [4.69, 9.17) is 4.74 Å². The molecule has 0 aliphatic rings. The number of aliphatic imine (C=N–C) groups is 1. The maximum atomic E-state index is 14.5. The predicted octanol–water partition coefficient (Wildman–Crippen LogP) is 5.50. The Kier molecular flexibility index (Phi) is 4.20. The van der Waals surface area contributed by atoms with Crippen LogP contribution in [0.25, 0.3) is 22.3 Å². The molecule has 0 heterocycles. The summed E-state index contributed by atoms with van der Waals surface area (Å²) in [5, 5.41) is 0. The number of rotatable bonds is 4. The predicted molar refractivity (Wildman–Crippen MR) is 93.0 cm³/mol. The summed E-state index contributed by atoms with van der Waals surface area (Å²) in [6.45, 7) is 3.49. The molecule has 0 saturated carbocycles. The number of methoxy groups -OCH3 is 1. The Morgan fingerprint density at radius 1 is 0.826 bits per heavy atom. The van der Waals surface area contributed by atoms with E-state index in [1.165, 1.54) is 0 Å². The Bertz CT molecular complexity index is 823. The van der Waals surface area contributed by atoms with Gasteiger partial charge in [0.15, 0.2) is 0 Å². The molecule has 0 fully saturated rings. The average Bonchev–Trinajstić information content (AvgIpc) is 2.62. The van der Waals surface area contributed by atoms with Crippen molar-refractivity contribution < 1.29 is 9.13 Å². The second-order valence-electron chi connectivity index (χ2n) is 5.13. The molecule has 23 heavy (non-hydrogen) atoms. The van der Waals surface area contributed by atoms with E-state index in [0.29, 0.717) is 5.56 Å². The molecule has 3 aromatic rings. The zero-order valence-electron chi connectivity index (χ0n) is 12.8. The fraction of sp³-hybridized carbons (Fsp3) is 0.0500. The first-order chi connectivity index (χ1) is 11.2. The van der Waals surface area contributed by atoms with Gasteiger partial charge in [0.25, 0.3) is 0 Å². The average molecular weight is 305 g/mol. The Morgan fingerprint density at radius 2 is 1.43 bits per heavy atom. The third kappa shape index (κ3) is 3.14. The molecule has 0 unspecified atom stereocenters. The van der Waals surface area contributed by atoms with E-state index in [2.05, 4.69) is 11.7 Å². The van der Waals surface area contributed by atoms with Crippen LogP contribution in [0, 0.1) is 5.82 Å². The number of ether oxygens (including phenoxy) is 1. The van der Waals surface area contributed by atoms with Gasteiger partial charge in [-0.3, -0.25) is 4.99 Å². The molecule has 0 aliphatic carbocycles. The van der Waals surface area contributed by atoms with Gasteiger partial charge in [0.2, 0.25) is 0 Å². The van der Waals surface area contributed by atoms with Gasteiger partial charge < -0.3 is 4.74 Å². The monoisotopic (exact) mass is 305 g/mol.